The minimum absolute atomic E-state index is 0.255. The first-order chi connectivity index (χ1) is 10.8. The zero-order valence-electron chi connectivity index (χ0n) is 12.4. The number of hydrogen-bond donors (Lipinski definition) is 0. The Morgan fingerprint density at radius 3 is 2.36 bits per heavy atom. The van der Waals surface area contributed by atoms with Crippen molar-refractivity contribution in [2.75, 3.05) is 7.11 Å². The van der Waals surface area contributed by atoms with E-state index in [-0.39, 0.29) is 5.97 Å². The van der Waals surface area contributed by atoms with Gasteiger partial charge in [-0.05, 0) is 40.7 Å². The number of fused-ring (bicyclic) bond motifs is 5. The number of carbonyl (C=O) groups excluding carboxylic acids is 1. The number of aryl methyl sites for hydroxylation is 1. The van der Waals surface area contributed by atoms with E-state index < -0.39 is 0 Å². The first kappa shape index (κ1) is 13.1. The van der Waals surface area contributed by atoms with Crippen LogP contribution in [0.2, 0.25) is 0 Å². The van der Waals surface area contributed by atoms with Crippen LogP contribution >= 0.6 is 0 Å². The van der Waals surface area contributed by atoms with Gasteiger partial charge in [0.1, 0.15) is 0 Å². The summed E-state index contributed by atoms with van der Waals surface area (Å²) < 4.78 is 5.08. The van der Waals surface area contributed by atoms with E-state index in [1.165, 1.54) is 23.8 Å². The fourth-order valence-electron chi connectivity index (χ4n) is 3.56. The number of ether oxygens (including phenoxy) is 1. The second-order valence-corrected chi connectivity index (χ2v) is 5.62. The largest absolute Gasteiger partial charge is 0.465 e. The smallest absolute Gasteiger partial charge is 0.339 e. The third kappa shape index (κ3) is 1.77. The molecule has 0 amide bonds. The van der Waals surface area contributed by atoms with E-state index in [0.717, 1.165) is 29.5 Å². The van der Waals surface area contributed by atoms with Gasteiger partial charge in [0.05, 0.1) is 12.7 Å². The van der Waals surface area contributed by atoms with Crippen molar-refractivity contribution in [3.63, 3.8) is 0 Å². The van der Waals surface area contributed by atoms with Gasteiger partial charge >= 0.3 is 5.97 Å². The fourth-order valence-corrected chi connectivity index (χ4v) is 3.56. The Bertz CT molecular complexity index is 848. The number of benzene rings is 1. The summed E-state index contributed by atoms with van der Waals surface area (Å²) >= 11 is 0. The zero-order valence-corrected chi connectivity index (χ0v) is 12.4. The maximum atomic E-state index is 12.5. The second-order valence-electron chi connectivity index (χ2n) is 5.62. The van der Waals surface area contributed by atoms with Crippen molar-refractivity contribution in [1.29, 1.82) is 0 Å². The molecular formula is C20H16O2. The van der Waals surface area contributed by atoms with Crippen LogP contribution in [0.1, 0.15) is 21.5 Å². The van der Waals surface area contributed by atoms with Gasteiger partial charge in [-0.2, -0.15) is 0 Å². The fraction of sp³-hybridized carbons (Fsp3) is 0.150. The molecule has 0 aliphatic heterocycles. The van der Waals surface area contributed by atoms with Crippen molar-refractivity contribution in [2.45, 2.75) is 12.8 Å². The summed E-state index contributed by atoms with van der Waals surface area (Å²) in [4.78, 5) is 12.5. The molecule has 3 aliphatic carbocycles. The maximum absolute atomic E-state index is 12.5. The number of rotatable bonds is 1. The van der Waals surface area contributed by atoms with Crippen molar-refractivity contribution in [3.05, 3.63) is 71.3 Å². The molecule has 1 aromatic carbocycles. The topological polar surface area (TPSA) is 26.3 Å². The molecule has 0 radical (unpaired) electrons. The minimum Gasteiger partial charge on any atom is -0.465 e. The molecule has 0 fully saturated rings. The quantitative estimate of drug-likeness (QED) is 0.622. The van der Waals surface area contributed by atoms with Crippen molar-refractivity contribution < 1.29 is 9.53 Å². The summed E-state index contributed by atoms with van der Waals surface area (Å²) in [7, 11) is 1.45. The van der Waals surface area contributed by atoms with Crippen molar-refractivity contribution >= 4 is 5.97 Å². The number of methoxy groups -OCH3 is 1. The normalized spacial score (nSPS) is 12.6. The van der Waals surface area contributed by atoms with Gasteiger partial charge in [0.2, 0.25) is 0 Å². The predicted molar refractivity (Wildman–Crippen MR) is 87.2 cm³/mol. The maximum Gasteiger partial charge on any atom is 0.339 e. The molecule has 108 valence electrons. The standard InChI is InChI=1S/C20H16O2/c1-22-20(21)19-16-10-4-2-3-9-15(16)17-12-11-13-7-5-6-8-14(13)18(17)19/h2-10H,11-12H2,1H3. The lowest BCUT2D eigenvalue weighted by Gasteiger charge is -2.18. The van der Waals surface area contributed by atoms with E-state index in [9.17, 15) is 4.79 Å². The summed E-state index contributed by atoms with van der Waals surface area (Å²) in [6, 6.07) is 18.5. The molecule has 2 nitrogen and oxygen atoms in total. The van der Waals surface area contributed by atoms with Gasteiger partial charge in [0, 0.05) is 5.56 Å². The SMILES string of the molecule is COC(=O)c1c2cccccc-2c2c1-c1ccccc1CC2. The Morgan fingerprint density at radius 2 is 1.55 bits per heavy atom. The highest BCUT2D eigenvalue weighted by Crippen LogP contribution is 2.46. The summed E-state index contributed by atoms with van der Waals surface area (Å²) in [5.74, 6) is -0.255. The molecule has 0 saturated carbocycles. The minimum atomic E-state index is -0.255. The summed E-state index contributed by atoms with van der Waals surface area (Å²) in [5.41, 5.74) is 7.66. The van der Waals surface area contributed by atoms with Crippen LogP contribution in [-0.4, -0.2) is 13.1 Å². The highest BCUT2D eigenvalue weighted by molar-refractivity contribution is 6.09. The Balaban J connectivity index is 2.13. The summed E-state index contributed by atoms with van der Waals surface area (Å²) in [6.07, 6.45) is 1.98. The van der Waals surface area contributed by atoms with Crippen LogP contribution in [0.5, 0.6) is 0 Å². The number of esters is 1. The van der Waals surface area contributed by atoms with Gasteiger partial charge in [-0.1, -0.05) is 54.6 Å². The molecule has 2 heteroatoms. The first-order valence-corrected chi connectivity index (χ1v) is 7.51. The summed E-state index contributed by atoms with van der Waals surface area (Å²) in [6.45, 7) is 0. The van der Waals surface area contributed by atoms with E-state index in [1.807, 2.05) is 30.3 Å². The van der Waals surface area contributed by atoms with Crippen LogP contribution < -0.4 is 0 Å². The molecule has 0 atom stereocenters. The van der Waals surface area contributed by atoms with Crippen molar-refractivity contribution in [2.24, 2.45) is 0 Å². The molecule has 3 aliphatic rings. The van der Waals surface area contributed by atoms with Crippen LogP contribution in [-0.2, 0) is 17.6 Å². The van der Waals surface area contributed by atoms with Crippen molar-refractivity contribution in [1.82, 2.24) is 0 Å². The van der Waals surface area contributed by atoms with E-state index in [0.29, 0.717) is 5.56 Å². The van der Waals surface area contributed by atoms with Crippen LogP contribution in [0, 0.1) is 0 Å². The Labute approximate surface area is 129 Å². The highest BCUT2D eigenvalue weighted by atomic mass is 16.5. The molecule has 4 rings (SSSR count). The van der Waals surface area contributed by atoms with E-state index in [4.69, 9.17) is 4.74 Å². The molecular weight excluding hydrogens is 272 g/mol. The molecule has 0 unspecified atom stereocenters. The second kappa shape index (κ2) is 4.99. The third-order valence-electron chi connectivity index (χ3n) is 4.50. The number of hydrogen-bond acceptors (Lipinski definition) is 2. The van der Waals surface area contributed by atoms with Crippen LogP contribution in [0.15, 0.2) is 54.6 Å². The predicted octanol–water partition coefficient (Wildman–Crippen LogP) is 4.34. The Morgan fingerprint density at radius 1 is 0.864 bits per heavy atom. The first-order valence-electron chi connectivity index (χ1n) is 7.51. The molecule has 0 saturated heterocycles. The number of carbonyl (C=O) groups is 1. The van der Waals surface area contributed by atoms with E-state index in [2.05, 4.69) is 24.3 Å². The van der Waals surface area contributed by atoms with Crippen LogP contribution in [0.25, 0.3) is 22.3 Å². The van der Waals surface area contributed by atoms with Gasteiger partial charge in [-0.25, -0.2) is 4.79 Å². The molecule has 0 spiro atoms. The van der Waals surface area contributed by atoms with E-state index >= 15 is 0 Å². The lowest BCUT2D eigenvalue weighted by atomic mass is 9.86. The van der Waals surface area contributed by atoms with Crippen LogP contribution in [0.3, 0.4) is 0 Å². The van der Waals surface area contributed by atoms with Gasteiger partial charge in [0.15, 0.2) is 0 Å². The summed E-state index contributed by atoms with van der Waals surface area (Å²) in [5, 5.41) is 0. The monoisotopic (exact) mass is 288 g/mol. The van der Waals surface area contributed by atoms with Crippen LogP contribution in [0.4, 0.5) is 0 Å². The molecule has 0 aromatic heterocycles. The lowest BCUT2D eigenvalue weighted by molar-refractivity contribution is 0.0603. The lowest BCUT2D eigenvalue weighted by Crippen LogP contribution is -2.07. The molecule has 0 heterocycles. The van der Waals surface area contributed by atoms with Gasteiger partial charge in [-0.3, -0.25) is 0 Å². The molecule has 22 heavy (non-hydrogen) atoms. The third-order valence-corrected chi connectivity index (χ3v) is 4.50. The van der Waals surface area contributed by atoms with Crippen molar-refractivity contribution in [3.8, 4) is 22.3 Å². The molecule has 1 aromatic rings. The Kier molecular flexibility index (Phi) is 2.97. The zero-order chi connectivity index (χ0) is 15.1. The van der Waals surface area contributed by atoms with Gasteiger partial charge < -0.3 is 4.74 Å². The van der Waals surface area contributed by atoms with E-state index in [1.54, 1.807) is 0 Å². The highest BCUT2D eigenvalue weighted by Gasteiger charge is 2.31. The van der Waals surface area contributed by atoms with Gasteiger partial charge in [-0.15, -0.1) is 0 Å². The molecule has 0 bridgehead atoms. The molecule has 0 N–H and O–H groups in total. The van der Waals surface area contributed by atoms with Gasteiger partial charge in [0.25, 0.3) is 0 Å². The Hall–Kier alpha value is -2.61. The average molecular weight is 288 g/mol. The average Bonchev–Trinajstić information content (AvgIpc) is 2.71.